The molecule has 0 spiro atoms. The van der Waals surface area contributed by atoms with E-state index in [2.05, 4.69) is 65.3 Å². The van der Waals surface area contributed by atoms with Gasteiger partial charge in [0.2, 0.25) is 0 Å². The summed E-state index contributed by atoms with van der Waals surface area (Å²) in [7, 11) is 0. The molecule has 1 saturated heterocycles. The van der Waals surface area contributed by atoms with Gasteiger partial charge in [0.1, 0.15) is 0 Å². The lowest BCUT2D eigenvalue weighted by Gasteiger charge is -2.34. The highest BCUT2D eigenvalue weighted by atomic mass is 15.1. The van der Waals surface area contributed by atoms with Gasteiger partial charge in [-0.3, -0.25) is 4.98 Å². The molecular weight excluding hydrogens is 292 g/mol. The van der Waals surface area contributed by atoms with Gasteiger partial charge in [-0.15, -0.1) is 0 Å². The van der Waals surface area contributed by atoms with Gasteiger partial charge in [0, 0.05) is 24.7 Å². The van der Waals surface area contributed by atoms with Gasteiger partial charge in [-0.25, -0.2) is 0 Å². The summed E-state index contributed by atoms with van der Waals surface area (Å²) in [5.41, 5.74) is 5.38. The van der Waals surface area contributed by atoms with E-state index in [-0.39, 0.29) is 0 Å². The molecule has 0 N–H and O–H groups in total. The molecule has 0 saturated carbocycles. The van der Waals surface area contributed by atoms with Crippen LogP contribution in [0, 0.1) is 12.8 Å². The number of fused-ring (bicyclic) bond motifs is 1. The highest BCUT2D eigenvalue weighted by molar-refractivity contribution is 5.90. The van der Waals surface area contributed by atoms with Crippen molar-refractivity contribution >= 4 is 16.6 Å². The van der Waals surface area contributed by atoms with E-state index < -0.39 is 0 Å². The first-order valence-corrected chi connectivity index (χ1v) is 8.94. The lowest BCUT2D eigenvalue weighted by Crippen LogP contribution is -2.34. The minimum Gasteiger partial charge on any atom is -0.370 e. The number of piperidine rings is 1. The second kappa shape index (κ2) is 6.64. The number of nitrogens with zero attached hydrogens (tertiary/aromatic N) is 2. The second-order valence-electron chi connectivity index (χ2n) is 6.91. The first-order chi connectivity index (χ1) is 11.8. The Balaban J connectivity index is 1.47. The molecule has 0 amide bonds. The van der Waals surface area contributed by atoms with Crippen LogP contribution in [0.2, 0.25) is 0 Å². The van der Waals surface area contributed by atoms with E-state index in [1.807, 2.05) is 12.3 Å². The van der Waals surface area contributed by atoms with Crippen molar-refractivity contribution in [3.63, 3.8) is 0 Å². The Kier molecular flexibility index (Phi) is 4.20. The van der Waals surface area contributed by atoms with Crippen LogP contribution in [0.25, 0.3) is 10.9 Å². The quantitative estimate of drug-likeness (QED) is 0.676. The molecule has 0 bridgehead atoms. The maximum Gasteiger partial charge on any atom is 0.0935 e. The summed E-state index contributed by atoms with van der Waals surface area (Å²) in [5, 5.41) is 1.23. The molecule has 1 aliphatic rings. The lowest BCUT2D eigenvalue weighted by molar-refractivity contribution is 0.403. The first-order valence-electron chi connectivity index (χ1n) is 8.94. The molecular formula is C22H24N2. The van der Waals surface area contributed by atoms with Crippen molar-refractivity contribution in [1.82, 2.24) is 4.98 Å². The summed E-state index contributed by atoms with van der Waals surface area (Å²) >= 11 is 0. The van der Waals surface area contributed by atoms with Crippen molar-refractivity contribution in [3.8, 4) is 0 Å². The maximum absolute atomic E-state index is 4.61. The van der Waals surface area contributed by atoms with Crippen molar-refractivity contribution in [2.75, 3.05) is 18.0 Å². The molecule has 2 heterocycles. The zero-order valence-corrected chi connectivity index (χ0v) is 14.3. The molecule has 1 fully saturated rings. The standard InChI is InChI=1S/C22H24N2/c1-17-6-2-3-7-20(17)16-18-11-14-24(15-12-18)21-10-4-8-19-9-5-13-23-22(19)21/h2-10,13,18H,11-12,14-16H2,1H3. The third-order valence-corrected chi connectivity index (χ3v) is 5.34. The third kappa shape index (κ3) is 3.01. The van der Waals surface area contributed by atoms with Gasteiger partial charge < -0.3 is 4.90 Å². The SMILES string of the molecule is Cc1ccccc1CC1CCN(c2cccc3cccnc23)CC1. The van der Waals surface area contributed by atoms with Crippen LogP contribution in [0.3, 0.4) is 0 Å². The van der Waals surface area contributed by atoms with E-state index in [0.29, 0.717) is 0 Å². The number of rotatable bonds is 3. The van der Waals surface area contributed by atoms with E-state index in [4.69, 9.17) is 0 Å². The van der Waals surface area contributed by atoms with Gasteiger partial charge >= 0.3 is 0 Å². The lowest BCUT2D eigenvalue weighted by atomic mass is 9.88. The Morgan fingerprint density at radius 2 is 1.75 bits per heavy atom. The van der Waals surface area contributed by atoms with Gasteiger partial charge in [0.25, 0.3) is 0 Å². The second-order valence-corrected chi connectivity index (χ2v) is 6.91. The fourth-order valence-corrected chi connectivity index (χ4v) is 3.87. The van der Waals surface area contributed by atoms with Crippen molar-refractivity contribution in [3.05, 3.63) is 71.9 Å². The van der Waals surface area contributed by atoms with Crippen LogP contribution in [0.15, 0.2) is 60.8 Å². The minimum absolute atomic E-state index is 0.797. The highest BCUT2D eigenvalue weighted by Gasteiger charge is 2.21. The van der Waals surface area contributed by atoms with Gasteiger partial charge in [0.15, 0.2) is 0 Å². The van der Waals surface area contributed by atoms with Crippen LogP contribution >= 0.6 is 0 Å². The monoisotopic (exact) mass is 316 g/mol. The summed E-state index contributed by atoms with van der Waals surface area (Å²) in [6, 6.07) is 19.5. The molecule has 0 atom stereocenters. The van der Waals surface area contributed by atoms with E-state index in [1.54, 1.807) is 0 Å². The van der Waals surface area contributed by atoms with E-state index in [9.17, 15) is 0 Å². The Labute approximate surface area is 144 Å². The largest absolute Gasteiger partial charge is 0.370 e. The van der Waals surface area contributed by atoms with Crippen molar-refractivity contribution in [2.45, 2.75) is 26.2 Å². The predicted octanol–water partition coefficient (Wildman–Crippen LogP) is 5.00. The van der Waals surface area contributed by atoms with Crippen molar-refractivity contribution in [2.24, 2.45) is 5.92 Å². The molecule has 122 valence electrons. The summed E-state index contributed by atoms with van der Waals surface area (Å²) in [6.45, 7) is 4.49. The molecule has 4 rings (SSSR count). The Hall–Kier alpha value is -2.35. The van der Waals surface area contributed by atoms with E-state index in [1.165, 1.54) is 41.5 Å². The van der Waals surface area contributed by atoms with Crippen LogP contribution in [0.1, 0.15) is 24.0 Å². The smallest absolute Gasteiger partial charge is 0.0935 e. The van der Waals surface area contributed by atoms with E-state index in [0.717, 1.165) is 24.5 Å². The van der Waals surface area contributed by atoms with Gasteiger partial charge in [-0.2, -0.15) is 0 Å². The fraction of sp³-hybridized carbons (Fsp3) is 0.318. The van der Waals surface area contributed by atoms with Crippen LogP contribution in [0.4, 0.5) is 5.69 Å². The Morgan fingerprint density at radius 1 is 0.958 bits per heavy atom. The van der Waals surface area contributed by atoms with Gasteiger partial charge in [0.05, 0.1) is 11.2 Å². The number of aromatic nitrogens is 1. The van der Waals surface area contributed by atoms with Crippen LogP contribution < -0.4 is 4.90 Å². The number of para-hydroxylation sites is 1. The zero-order valence-electron chi connectivity index (χ0n) is 14.3. The topological polar surface area (TPSA) is 16.1 Å². The molecule has 0 unspecified atom stereocenters. The maximum atomic E-state index is 4.61. The molecule has 1 aromatic heterocycles. The number of hydrogen-bond donors (Lipinski definition) is 0. The summed E-state index contributed by atoms with van der Waals surface area (Å²) < 4.78 is 0. The van der Waals surface area contributed by atoms with E-state index >= 15 is 0 Å². The highest BCUT2D eigenvalue weighted by Crippen LogP contribution is 2.30. The predicted molar refractivity (Wildman–Crippen MR) is 102 cm³/mol. The molecule has 2 heteroatoms. The third-order valence-electron chi connectivity index (χ3n) is 5.34. The zero-order chi connectivity index (χ0) is 16.4. The van der Waals surface area contributed by atoms with Gasteiger partial charge in [-0.05, 0) is 55.4 Å². The fourth-order valence-electron chi connectivity index (χ4n) is 3.87. The summed E-state index contributed by atoms with van der Waals surface area (Å²) in [6.07, 6.45) is 5.64. The Bertz CT molecular complexity index is 827. The molecule has 3 aromatic rings. The Morgan fingerprint density at radius 3 is 2.58 bits per heavy atom. The minimum atomic E-state index is 0.797. The number of aryl methyl sites for hydroxylation is 1. The number of hydrogen-bond acceptors (Lipinski definition) is 2. The molecule has 24 heavy (non-hydrogen) atoms. The van der Waals surface area contributed by atoms with Crippen LogP contribution in [0.5, 0.6) is 0 Å². The summed E-state index contributed by atoms with van der Waals surface area (Å²) in [5.74, 6) is 0.797. The number of benzene rings is 2. The van der Waals surface area contributed by atoms with Gasteiger partial charge in [-0.1, -0.05) is 42.5 Å². The molecule has 0 radical (unpaired) electrons. The van der Waals surface area contributed by atoms with Crippen LogP contribution in [-0.2, 0) is 6.42 Å². The summed E-state index contributed by atoms with van der Waals surface area (Å²) in [4.78, 5) is 7.13. The van der Waals surface area contributed by atoms with Crippen molar-refractivity contribution in [1.29, 1.82) is 0 Å². The normalized spacial score (nSPS) is 15.8. The van der Waals surface area contributed by atoms with Crippen molar-refractivity contribution < 1.29 is 0 Å². The number of anilines is 1. The average molecular weight is 316 g/mol. The average Bonchev–Trinajstić information content (AvgIpc) is 2.64. The molecule has 2 nitrogen and oxygen atoms in total. The number of pyridine rings is 1. The molecule has 2 aromatic carbocycles. The van der Waals surface area contributed by atoms with Crippen LogP contribution in [-0.4, -0.2) is 18.1 Å². The molecule has 1 aliphatic heterocycles. The molecule has 0 aliphatic carbocycles. The first kappa shape index (κ1) is 15.2.